The fourth-order valence-electron chi connectivity index (χ4n) is 1.79. The minimum atomic E-state index is -0.213. The number of rotatable bonds is 3. The number of anilines is 1. The number of aromatic amines is 1. The third kappa shape index (κ3) is 2.03. The Hall–Kier alpha value is -3.03. The monoisotopic (exact) mass is 273 g/mol. The number of phenolic OH excluding ortho intramolecular Hbond substituents is 2. The highest BCUT2D eigenvalue weighted by atomic mass is 16.3. The van der Waals surface area contributed by atoms with Crippen molar-refractivity contribution in [3.63, 3.8) is 0 Å². The molecule has 3 rings (SSSR count). The molecule has 20 heavy (non-hydrogen) atoms. The molecule has 8 heteroatoms. The number of aromatic hydroxyl groups is 3. The summed E-state index contributed by atoms with van der Waals surface area (Å²) < 4.78 is 0. The van der Waals surface area contributed by atoms with Crippen molar-refractivity contribution in [2.75, 3.05) is 5.32 Å². The molecule has 3 aromatic rings. The molecule has 0 aliphatic heterocycles. The third-order valence-corrected chi connectivity index (χ3v) is 2.80. The van der Waals surface area contributed by atoms with Gasteiger partial charge in [-0.05, 0) is 6.07 Å². The van der Waals surface area contributed by atoms with Crippen molar-refractivity contribution in [2.24, 2.45) is 0 Å². The van der Waals surface area contributed by atoms with Gasteiger partial charge in [0.2, 0.25) is 11.8 Å². The number of nitrogens with one attached hydrogen (secondary N) is 2. The molecule has 0 aliphatic carbocycles. The van der Waals surface area contributed by atoms with Crippen LogP contribution in [0.2, 0.25) is 0 Å². The number of H-pyrrole nitrogens is 1. The van der Waals surface area contributed by atoms with Gasteiger partial charge in [-0.25, -0.2) is 4.98 Å². The van der Waals surface area contributed by atoms with Crippen LogP contribution >= 0.6 is 0 Å². The standard InChI is InChI=1S/C12H11N5O3/c18-7-3-1-2-6(9(7)19)4-13-12-16-10-8(11(20)17-12)14-5-15-10/h1-3,5,18-19H,4H2,(H3,13,14,15,16,17,20). The van der Waals surface area contributed by atoms with Gasteiger partial charge in [0.05, 0.1) is 6.33 Å². The van der Waals surface area contributed by atoms with Gasteiger partial charge in [-0.3, -0.25) is 0 Å². The summed E-state index contributed by atoms with van der Waals surface area (Å²) in [6, 6.07) is 4.65. The molecule has 0 bridgehead atoms. The van der Waals surface area contributed by atoms with Crippen LogP contribution in [-0.2, 0) is 6.54 Å². The summed E-state index contributed by atoms with van der Waals surface area (Å²) in [6.07, 6.45) is 1.41. The zero-order chi connectivity index (χ0) is 14.1. The van der Waals surface area contributed by atoms with E-state index in [1.165, 1.54) is 12.4 Å². The van der Waals surface area contributed by atoms with Crippen LogP contribution in [0, 0.1) is 0 Å². The SMILES string of the molecule is Oc1cccc(CNc2nc(O)c3[nH]cnc3n2)c1O. The molecule has 2 aromatic heterocycles. The Morgan fingerprint density at radius 2 is 2.00 bits per heavy atom. The quantitative estimate of drug-likeness (QED) is 0.452. The van der Waals surface area contributed by atoms with Gasteiger partial charge < -0.3 is 25.6 Å². The maximum Gasteiger partial charge on any atom is 0.242 e. The van der Waals surface area contributed by atoms with Crippen LogP contribution in [0.15, 0.2) is 24.5 Å². The summed E-state index contributed by atoms with van der Waals surface area (Å²) in [4.78, 5) is 14.6. The van der Waals surface area contributed by atoms with E-state index in [1.807, 2.05) is 0 Å². The first kappa shape index (κ1) is 12.0. The molecule has 5 N–H and O–H groups in total. The first-order chi connectivity index (χ1) is 9.65. The van der Waals surface area contributed by atoms with E-state index in [4.69, 9.17) is 0 Å². The van der Waals surface area contributed by atoms with Crippen LogP contribution in [0.25, 0.3) is 11.2 Å². The molecule has 0 atom stereocenters. The molecule has 0 unspecified atom stereocenters. The number of phenols is 2. The van der Waals surface area contributed by atoms with Gasteiger partial charge in [-0.2, -0.15) is 9.97 Å². The van der Waals surface area contributed by atoms with E-state index in [0.29, 0.717) is 16.7 Å². The zero-order valence-electron chi connectivity index (χ0n) is 10.2. The van der Waals surface area contributed by atoms with E-state index in [-0.39, 0.29) is 29.9 Å². The van der Waals surface area contributed by atoms with Crippen molar-refractivity contribution >= 4 is 17.1 Å². The smallest absolute Gasteiger partial charge is 0.242 e. The normalized spacial score (nSPS) is 10.8. The Morgan fingerprint density at radius 3 is 2.85 bits per heavy atom. The van der Waals surface area contributed by atoms with Crippen LogP contribution in [-0.4, -0.2) is 35.3 Å². The van der Waals surface area contributed by atoms with E-state index in [9.17, 15) is 15.3 Å². The molecular formula is C12H11N5O3. The van der Waals surface area contributed by atoms with E-state index < -0.39 is 0 Å². The molecule has 0 radical (unpaired) electrons. The van der Waals surface area contributed by atoms with Crippen LogP contribution in [0.3, 0.4) is 0 Å². The fraction of sp³-hybridized carbons (Fsp3) is 0.0833. The lowest BCUT2D eigenvalue weighted by atomic mass is 10.2. The van der Waals surface area contributed by atoms with Gasteiger partial charge in [0, 0.05) is 12.1 Å². The summed E-state index contributed by atoms with van der Waals surface area (Å²) in [5, 5.41) is 31.6. The van der Waals surface area contributed by atoms with Crippen molar-refractivity contribution in [2.45, 2.75) is 6.54 Å². The van der Waals surface area contributed by atoms with E-state index in [0.717, 1.165) is 0 Å². The van der Waals surface area contributed by atoms with Gasteiger partial charge in [0.15, 0.2) is 17.1 Å². The van der Waals surface area contributed by atoms with Crippen LogP contribution in [0.4, 0.5) is 5.95 Å². The van der Waals surface area contributed by atoms with Crippen LogP contribution < -0.4 is 5.32 Å². The minimum absolute atomic E-state index is 0.171. The average Bonchev–Trinajstić information content (AvgIpc) is 2.89. The second kappa shape index (κ2) is 4.57. The number of hydrogen-bond donors (Lipinski definition) is 5. The maximum atomic E-state index is 9.69. The Labute approximate surface area is 112 Å². The summed E-state index contributed by atoms with van der Waals surface area (Å²) in [5.74, 6) is -0.444. The van der Waals surface area contributed by atoms with Crippen LogP contribution in [0.5, 0.6) is 17.4 Å². The number of para-hydroxylation sites is 1. The molecule has 0 amide bonds. The fourth-order valence-corrected chi connectivity index (χ4v) is 1.79. The molecule has 0 saturated carbocycles. The average molecular weight is 273 g/mol. The van der Waals surface area contributed by atoms with Gasteiger partial charge in [0.25, 0.3) is 0 Å². The Kier molecular flexibility index (Phi) is 2.75. The first-order valence-electron chi connectivity index (χ1n) is 5.79. The van der Waals surface area contributed by atoms with Gasteiger partial charge in [-0.1, -0.05) is 12.1 Å². The molecule has 0 fully saturated rings. The molecule has 8 nitrogen and oxygen atoms in total. The predicted molar refractivity (Wildman–Crippen MR) is 70.4 cm³/mol. The van der Waals surface area contributed by atoms with Gasteiger partial charge >= 0.3 is 0 Å². The van der Waals surface area contributed by atoms with Crippen molar-refractivity contribution in [3.8, 4) is 17.4 Å². The van der Waals surface area contributed by atoms with Crippen molar-refractivity contribution < 1.29 is 15.3 Å². The summed E-state index contributed by atoms with van der Waals surface area (Å²) in [5.41, 5.74) is 1.17. The molecule has 0 saturated heterocycles. The van der Waals surface area contributed by atoms with Crippen molar-refractivity contribution in [1.29, 1.82) is 0 Å². The van der Waals surface area contributed by atoms with Gasteiger partial charge in [0.1, 0.15) is 5.52 Å². The molecule has 2 heterocycles. The van der Waals surface area contributed by atoms with Crippen molar-refractivity contribution in [3.05, 3.63) is 30.1 Å². The number of benzene rings is 1. The Morgan fingerprint density at radius 1 is 1.15 bits per heavy atom. The van der Waals surface area contributed by atoms with Gasteiger partial charge in [-0.15, -0.1) is 0 Å². The highest BCUT2D eigenvalue weighted by molar-refractivity contribution is 5.76. The molecule has 0 aliphatic rings. The Bertz CT molecular complexity index is 771. The zero-order valence-corrected chi connectivity index (χ0v) is 10.2. The lowest BCUT2D eigenvalue weighted by Crippen LogP contribution is -2.04. The topological polar surface area (TPSA) is 127 Å². The largest absolute Gasteiger partial charge is 0.504 e. The highest BCUT2D eigenvalue weighted by Gasteiger charge is 2.10. The number of imidazole rings is 1. The van der Waals surface area contributed by atoms with Crippen molar-refractivity contribution in [1.82, 2.24) is 19.9 Å². The number of aromatic nitrogens is 4. The van der Waals surface area contributed by atoms with Crippen LogP contribution in [0.1, 0.15) is 5.56 Å². The molecular weight excluding hydrogens is 262 g/mol. The van der Waals surface area contributed by atoms with E-state index in [1.54, 1.807) is 12.1 Å². The lowest BCUT2D eigenvalue weighted by molar-refractivity contribution is 0.400. The number of nitrogens with zero attached hydrogens (tertiary/aromatic N) is 3. The molecule has 1 aromatic carbocycles. The second-order valence-corrected chi connectivity index (χ2v) is 4.11. The third-order valence-electron chi connectivity index (χ3n) is 2.80. The molecule has 0 spiro atoms. The predicted octanol–water partition coefficient (Wildman–Crippen LogP) is 1.08. The summed E-state index contributed by atoms with van der Waals surface area (Å²) >= 11 is 0. The maximum absolute atomic E-state index is 9.69. The second-order valence-electron chi connectivity index (χ2n) is 4.11. The number of fused-ring (bicyclic) bond motifs is 1. The van der Waals surface area contributed by atoms with E-state index >= 15 is 0 Å². The summed E-state index contributed by atoms with van der Waals surface area (Å²) in [6.45, 7) is 0.190. The van der Waals surface area contributed by atoms with E-state index in [2.05, 4.69) is 25.3 Å². The number of hydrogen-bond acceptors (Lipinski definition) is 7. The lowest BCUT2D eigenvalue weighted by Gasteiger charge is -2.08. The highest BCUT2D eigenvalue weighted by Crippen LogP contribution is 2.28. The Balaban J connectivity index is 1.84. The molecule has 102 valence electrons. The first-order valence-corrected chi connectivity index (χ1v) is 5.79. The minimum Gasteiger partial charge on any atom is -0.504 e. The summed E-state index contributed by atoms with van der Waals surface area (Å²) in [7, 11) is 0.